The minimum absolute atomic E-state index is 0.00245. The molecule has 1 atom stereocenters. The maximum atomic E-state index is 12.5. The Morgan fingerprint density at radius 3 is 2.33 bits per heavy atom. The third-order valence-electron chi connectivity index (χ3n) is 4.10. The molecule has 30 heavy (non-hydrogen) atoms. The number of rotatable bonds is 13. The standard InChI is InChI=1S/C21H32N4O5/c1-5-8-15-25(4)24-23-17-11-9-16(10-12-17)20(27)22-18(21(28)30-7-3)13-14-19(26)29-6-2/h9-12,18H,5-8,13-15H2,1-4H3,(H,22,27). The molecule has 9 heteroatoms. The van der Waals surface area contributed by atoms with Crippen LogP contribution in [-0.4, -0.2) is 55.7 Å². The molecule has 1 N–H and O–H groups in total. The third-order valence-corrected chi connectivity index (χ3v) is 4.10. The molecule has 0 saturated heterocycles. The van der Waals surface area contributed by atoms with E-state index in [1.807, 2.05) is 7.05 Å². The molecule has 0 aliphatic rings. The third kappa shape index (κ3) is 9.49. The quantitative estimate of drug-likeness (QED) is 0.297. The molecule has 0 aromatic heterocycles. The molecule has 1 aromatic carbocycles. The zero-order chi connectivity index (χ0) is 22.4. The molecule has 1 aromatic rings. The van der Waals surface area contributed by atoms with E-state index in [-0.39, 0.29) is 26.1 Å². The maximum absolute atomic E-state index is 12.5. The molecule has 166 valence electrons. The molecule has 0 radical (unpaired) electrons. The van der Waals surface area contributed by atoms with E-state index in [1.165, 1.54) is 0 Å². The number of carbonyl (C=O) groups is 3. The van der Waals surface area contributed by atoms with Gasteiger partial charge >= 0.3 is 11.9 Å². The fraction of sp³-hybridized carbons (Fsp3) is 0.571. The molecular weight excluding hydrogens is 388 g/mol. The first-order valence-corrected chi connectivity index (χ1v) is 10.3. The molecule has 1 rings (SSSR count). The monoisotopic (exact) mass is 420 g/mol. The summed E-state index contributed by atoms with van der Waals surface area (Å²) in [6.45, 7) is 6.74. The van der Waals surface area contributed by atoms with E-state index in [0.717, 1.165) is 19.4 Å². The van der Waals surface area contributed by atoms with E-state index >= 15 is 0 Å². The van der Waals surface area contributed by atoms with Crippen LogP contribution in [0.3, 0.4) is 0 Å². The lowest BCUT2D eigenvalue weighted by molar-refractivity contribution is -0.146. The molecular formula is C21H32N4O5. The molecule has 0 bridgehead atoms. The summed E-state index contributed by atoms with van der Waals surface area (Å²) in [6, 6.07) is 5.61. The Bertz CT molecular complexity index is 706. The summed E-state index contributed by atoms with van der Waals surface area (Å²) in [5, 5.41) is 12.6. The second-order valence-corrected chi connectivity index (χ2v) is 6.59. The second kappa shape index (κ2) is 14.1. The SMILES string of the molecule is CCCCN(C)N=Nc1ccc(C(=O)NC(CCC(=O)OCC)C(=O)OCC)cc1. The molecule has 0 spiro atoms. The van der Waals surface area contributed by atoms with Crippen LogP contribution in [0.25, 0.3) is 0 Å². The van der Waals surface area contributed by atoms with Crippen LogP contribution in [0, 0.1) is 0 Å². The van der Waals surface area contributed by atoms with Gasteiger partial charge in [-0.1, -0.05) is 18.6 Å². The number of nitrogens with zero attached hydrogens (tertiary/aromatic N) is 3. The minimum Gasteiger partial charge on any atom is -0.466 e. The lowest BCUT2D eigenvalue weighted by Crippen LogP contribution is -2.42. The summed E-state index contributed by atoms with van der Waals surface area (Å²) in [7, 11) is 1.85. The number of hydrogen-bond acceptors (Lipinski definition) is 7. The summed E-state index contributed by atoms with van der Waals surface area (Å²) >= 11 is 0. The van der Waals surface area contributed by atoms with Gasteiger partial charge in [-0.15, -0.1) is 5.11 Å². The van der Waals surface area contributed by atoms with Crippen LogP contribution in [0.5, 0.6) is 0 Å². The Balaban J connectivity index is 2.72. The van der Waals surface area contributed by atoms with Gasteiger partial charge in [-0.25, -0.2) is 4.79 Å². The van der Waals surface area contributed by atoms with Gasteiger partial charge in [0.1, 0.15) is 6.04 Å². The predicted octanol–water partition coefficient (Wildman–Crippen LogP) is 3.42. The molecule has 0 heterocycles. The summed E-state index contributed by atoms with van der Waals surface area (Å²) < 4.78 is 9.87. The number of unbranched alkanes of at least 4 members (excludes halogenated alkanes) is 1. The van der Waals surface area contributed by atoms with Gasteiger partial charge in [-0.3, -0.25) is 14.6 Å². The van der Waals surface area contributed by atoms with Crippen molar-refractivity contribution in [2.24, 2.45) is 10.3 Å². The van der Waals surface area contributed by atoms with Crippen LogP contribution in [0.2, 0.25) is 0 Å². The van der Waals surface area contributed by atoms with E-state index in [1.54, 1.807) is 43.1 Å². The predicted molar refractivity (Wildman–Crippen MR) is 112 cm³/mol. The van der Waals surface area contributed by atoms with E-state index in [4.69, 9.17) is 9.47 Å². The molecule has 1 amide bonds. The van der Waals surface area contributed by atoms with E-state index in [2.05, 4.69) is 22.6 Å². The minimum atomic E-state index is -0.937. The zero-order valence-corrected chi connectivity index (χ0v) is 18.2. The first-order valence-electron chi connectivity index (χ1n) is 10.3. The number of benzene rings is 1. The zero-order valence-electron chi connectivity index (χ0n) is 18.2. The van der Waals surface area contributed by atoms with E-state index < -0.39 is 23.9 Å². The van der Waals surface area contributed by atoms with Gasteiger partial charge < -0.3 is 14.8 Å². The summed E-state index contributed by atoms with van der Waals surface area (Å²) in [4.78, 5) is 36.2. The number of nitrogens with one attached hydrogen (secondary N) is 1. The number of amides is 1. The molecule has 9 nitrogen and oxygen atoms in total. The van der Waals surface area contributed by atoms with Gasteiger partial charge in [0.2, 0.25) is 0 Å². The van der Waals surface area contributed by atoms with E-state index in [0.29, 0.717) is 11.3 Å². The summed E-state index contributed by atoms with van der Waals surface area (Å²) in [5.41, 5.74) is 0.970. The molecule has 0 saturated carbocycles. The first-order chi connectivity index (χ1) is 14.4. The molecule has 0 aliphatic carbocycles. The van der Waals surface area contributed by atoms with Crippen molar-refractivity contribution < 1.29 is 23.9 Å². The van der Waals surface area contributed by atoms with Gasteiger partial charge in [0.25, 0.3) is 5.91 Å². The number of esters is 2. The Kier molecular flexibility index (Phi) is 11.8. The normalized spacial score (nSPS) is 11.7. The highest BCUT2D eigenvalue weighted by Crippen LogP contribution is 2.15. The van der Waals surface area contributed by atoms with Crippen LogP contribution in [0.15, 0.2) is 34.6 Å². The van der Waals surface area contributed by atoms with Gasteiger partial charge in [-0.2, -0.15) is 0 Å². The van der Waals surface area contributed by atoms with Crippen molar-refractivity contribution in [1.82, 2.24) is 10.3 Å². The van der Waals surface area contributed by atoms with E-state index in [9.17, 15) is 14.4 Å². The van der Waals surface area contributed by atoms with Crippen LogP contribution in [-0.2, 0) is 19.1 Å². The Hall–Kier alpha value is -2.97. The number of ether oxygens (including phenoxy) is 2. The Morgan fingerprint density at radius 1 is 1.07 bits per heavy atom. The Morgan fingerprint density at radius 2 is 1.73 bits per heavy atom. The van der Waals surface area contributed by atoms with Crippen molar-refractivity contribution in [3.8, 4) is 0 Å². The van der Waals surface area contributed by atoms with Crippen molar-refractivity contribution >= 4 is 23.5 Å². The topological polar surface area (TPSA) is 110 Å². The number of carbonyl (C=O) groups excluding carboxylic acids is 3. The van der Waals surface area contributed by atoms with Gasteiger partial charge in [-0.05, 0) is 51.0 Å². The fourth-order valence-corrected chi connectivity index (χ4v) is 2.47. The molecule has 0 aliphatic heterocycles. The van der Waals surface area contributed by atoms with Crippen LogP contribution < -0.4 is 5.32 Å². The molecule has 0 fully saturated rings. The van der Waals surface area contributed by atoms with Crippen LogP contribution in [0.1, 0.15) is 56.8 Å². The highest BCUT2D eigenvalue weighted by Gasteiger charge is 2.24. The maximum Gasteiger partial charge on any atom is 0.328 e. The summed E-state index contributed by atoms with van der Waals surface area (Å²) in [5.74, 6) is -1.46. The lowest BCUT2D eigenvalue weighted by atomic mass is 10.1. The van der Waals surface area contributed by atoms with Gasteiger partial charge in [0.05, 0.1) is 18.9 Å². The lowest BCUT2D eigenvalue weighted by Gasteiger charge is -2.17. The number of hydrogen-bond donors (Lipinski definition) is 1. The van der Waals surface area contributed by atoms with Crippen molar-refractivity contribution in [2.75, 3.05) is 26.8 Å². The second-order valence-electron chi connectivity index (χ2n) is 6.59. The van der Waals surface area contributed by atoms with Crippen LogP contribution in [0.4, 0.5) is 5.69 Å². The van der Waals surface area contributed by atoms with Gasteiger partial charge in [0, 0.05) is 25.6 Å². The van der Waals surface area contributed by atoms with Crippen molar-refractivity contribution in [3.63, 3.8) is 0 Å². The first kappa shape index (κ1) is 25.1. The highest BCUT2D eigenvalue weighted by molar-refractivity contribution is 5.97. The highest BCUT2D eigenvalue weighted by atomic mass is 16.5. The van der Waals surface area contributed by atoms with Crippen molar-refractivity contribution in [3.05, 3.63) is 29.8 Å². The van der Waals surface area contributed by atoms with Gasteiger partial charge in [0.15, 0.2) is 0 Å². The smallest absolute Gasteiger partial charge is 0.328 e. The average molecular weight is 421 g/mol. The van der Waals surface area contributed by atoms with Crippen molar-refractivity contribution in [1.29, 1.82) is 0 Å². The largest absolute Gasteiger partial charge is 0.466 e. The average Bonchev–Trinajstić information content (AvgIpc) is 2.74. The molecule has 1 unspecified atom stereocenters. The van der Waals surface area contributed by atoms with Crippen LogP contribution >= 0.6 is 0 Å². The van der Waals surface area contributed by atoms with Crippen molar-refractivity contribution in [2.45, 2.75) is 52.5 Å². The Labute approximate surface area is 177 Å². The fourth-order valence-electron chi connectivity index (χ4n) is 2.47. The summed E-state index contributed by atoms with van der Waals surface area (Å²) in [6.07, 6.45) is 2.21.